The van der Waals surface area contributed by atoms with Crippen LogP contribution in [0.2, 0.25) is 0 Å². The Morgan fingerprint density at radius 3 is 2.84 bits per heavy atom. The second-order valence-electron chi connectivity index (χ2n) is 6.35. The number of benzene rings is 1. The number of anilines is 1. The Hall–Kier alpha value is -3.03. The molecule has 3 heterocycles. The van der Waals surface area contributed by atoms with Crippen LogP contribution >= 0.6 is 0 Å². The molecule has 1 aliphatic heterocycles. The van der Waals surface area contributed by atoms with Gasteiger partial charge in [-0.25, -0.2) is 14.6 Å². The van der Waals surface area contributed by atoms with Crippen LogP contribution in [-0.4, -0.2) is 55.9 Å². The van der Waals surface area contributed by atoms with Crippen molar-refractivity contribution in [2.45, 2.75) is 13.0 Å². The third-order valence-corrected chi connectivity index (χ3v) is 4.45. The highest BCUT2D eigenvalue weighted by Crippen LogP contribution is 2.20. The SMILES string of the molecule is CN1CC(CNc2ncnc3c2nnn3Cc2ccccc2)CC1=O. The van der Waals surface area contributed by atoms with Gasteiger partial charge in [0.05, 0.1) is 6.54 Å². The van der Waals surface area contributed by atoms with E-state index < -0.39 is 0 Å². The summed E-state index contributed by atoms with van der Waals surface area (Å²) in [6, 6.07) is 10.1. The monoisotopic (exact) mass is 337 g/mol. The average Bonchev–Trinajstić information content (AvgIpc) is 3.18. The predicted molar refractivity (Wildman–Crippen MR) is 92.9 cm³/mol. The van der Waals surface area contributed by atoms with Crippen molar-refractivity contribution in [1.82, 2.24) is 29.9 Å². The zero-order valence-electron chi connectivity index (χ0n) is 14.0. The number of nitrogens with one attached hydrogen (secondary N) is 1. The lowest BCUT2D eigenvalue weighted by Crippen LogP contribution is -2.21. The van der Waals surface area contributed by atoms with Gasteiger partial charge in [-0.05, 0) is 5.56 Å². The maximum Gasteiger partial charge on any atom is 0.222 e. The van der Waals surface area contributed by atoms with Crippen molar-refractivity contribution in [3.05, 3.63) is 42.2 Å². The van der Waals surface area contributed by atoms with Gasteiger partial charge in [-0.3, -0.25) is 4.79 Å². The summed E-state index contributed by atoms with van der Waals surface area (Å²) in [5.41, 5.74) is 2.48. The van der Waals surface area contributed by atoms with E-state index in [0.29, 0.717) is 36.5 Å². The molecule has 25 heavy (non-hydrogen) atoms. The molecule has 0 bridgehead atoms. The lowest BCUT2D eigenvalue weighted by molar-refractivity contribution is -0.126. The Kier molecular flexibility index (Phi) is 4.01. The van der Waals surface area contributed by atoms with E-state index in [2.05, 4.69) is 25.6 Å². The highest BCUT2D eigenvalue weighted by atomic mass is 16.2. The Bertz CT molecular complexity index is 892. The number of hydrogen-bond acceptors (Lipinski definition) is 6. The zero-order chi connectivity index (χ0) is 17.2. The van der Waals surface area contributed by atoms with Gasteiger partial charge >= 0.3 is 0 Å². The number of amides is 1. The van der Waals surface area contributed by atoms with Crippen molar-refractivity contribution >= 4 is 22.9 Å². The van der Waals surface area contributed by atoms with Crippen LogP contribution in [0.1, 0.15) is 12.0 Å². The quantitative estimate of drug-likeness (QED) is 0.751. The van der Waals surface area contributed by atoms with Gasteiger partial charge in [-0.1, -0.05) is 35.5 Å². The van der Waals surface area contributed by atoms with Gasteiger partial charge in [0.1, 0.15) is 6.33 Å². The fourth-order valence-electron chi connectivity index (χ4n) is 3.12. The Balaban J connectivity index is 1.52. The first-order valence-electron chi connectivity index (χ1n) is 8.26. The average molecular weight is 337 g/mol. The lowest BCUT2D eigenvalue weighted by atomic mass is 10.1. The second-order valence-corrected chi connectivity index (χ2v) is 6.35. The molecule has 2 aromatic heterocycles. The first-order valence-corrected chi connectivity index (χ1v) is 8.26. The molecule has 1 aliphatic rings. The zero-order valence-corrected chi connectivity index (χ0v) is 14.0. The molecule has 8 heteroatoms. The molecule has 1 unspecified atom stereocenters. The molecule has 8 nitrogen and oxygen atoms in total. The minimum Gasteiger partial charge on any atom is -0.368 e. The van der Waals surface area contributed by atoms with Gasteiger partial charge in [0, 0.05) is 32.5 Å². The molecule has 0 radical (unpaired) electrons. The van der Waals surface area contributed by atoms with E-state index in [9.17, 15) is 4.79 Å². The summed E-state index contributed by atoms with van der Waals surface area (Å²) >= 11 is 0. The van der Waals surface area contributed by atoms with Crippen LogP contribution in [-0.2, 0) is 11.3 Å². The van der Waals surface area contributed by atoms with Gasteiger partial charge in [0.15, 0.2) is 17.0 Å². The standard InChI is InChI=1S/C17H19N7O/c1-23-9-13(7-14(23)25)8-18-16-15-17(20-11-19-16)24(22-21-15)10-12-5-3-2-4-6-12/h2-6,11,13H,7-10H2,1H3,(H,18,19,20). The van der Waals surface area contributed by atoms with E-state index in [1.54, 1.807) is 9.58 Å². The molecule has 1 atom stereocenters. The van der Waals surface area contributed by atoms with Gasteiger partial charge in [-0.2, -0.15) is 0 Å². The van der Waals surface area contributed by atoms with Crippen molar-refractivity contribution in [2.24, 2.45) is 5.92 Å². The Morgan fingerprint density at radius 2 is 2.08 bits per heavy atom. The van der Waals surface area contributed by atoms with Crippen LogP contribution in [0.15, 0.2) is 36.7 Å². The smallest absolute Gasteiger partial charge is 0.222 e. The van der Waals surface area contributed by atoms with Gasteiger partial charge in [0.25, 0.3) is 0 Å². The number of fused-ring (bicyclic) bond motifs is 1. The van der Waals surface area contributed by atoms with Gasteiger partial charge < -0.3 is 10.2 Å². The molecule has 1 amide bonds. The van der Waals surface area contributed by atoms with Crippen molar-refractivity contribution in [1.29, 1.82) is 0 Å². The number of aromatic nitrogens is 5. The summed E-state index contributed by atoms with van der Waals surface area (Å²) in [5, 5.41) is 11.8. The molecule has 4 rings (SSSR count). The lowest BCUT2D eigenvalue weighted by Gasteiger charge is -2.11. The summed E-state index contributed by atoms with van der Waals surface area (Å²) in [7, 11) is 1.83. The van der Waals surface area contributed by atoms with Crippen molar-refractivity contribution < 1.29 is 4.79 Å². The fourth-order valence-corrected chi connectivity index (χ4v) is 3.12. The van der Waals surface area contributed by atoms with E-state index >= 15 is 0 Å². The van der Waals surface area contributed by atoms with Crippen molar-refractivity contribution in [3.8, 4) is 0 Å². The van der Waals surface area contributed by atoms with E-state index in [4.69, 9.17) is 0 Å². The van der Waals surface area contributed by atoms with Crippen LogP contribution < -0.4 is 5.32 Å². The van der Waals surface area contributed by atoms with E-state index in [1.165, 1.54) is 6.33 Å². The van der Waals surface area contributed by atoms with E-state index in [-0.39, 0.29) is 11.8 Å². The first-order chi connectivity index (χ1) is 12.2. The van der Waals surface area contributed by atoms with E-state index in [1.807, 2.05) is 37.4 Å². The fraction of sp³-hybridized carbons (Fsp3) is 0.353. The first kappa shape index (κ1) is 15.5. The largest absolute Gasteiger partial charge is 0.368 e. The molecule has 128 valence electrons. The van der Waals surface area contributed by atoms with Crippen LogP contribution in [0.25, 0.3) is 11.2 Å². The van der Waals surface area contributed by atoms with Crippen LogP contribution in [0.3, 0.4) is 0 Å². The van der Waals surface area contributed by atoms with Gasteiger partial charge in [0.2, 0.25) is 5.91 Å². The van der Waals surface area contributed by atoms with Gasteiger partial charge in [-0.15, -0.1) is 5.10 Å². The highest BCUT2D eigenvalue weighted by Gasteiger charge is 2.26. The molecule has 1 N–H and O–H groups in total. The molecule has 0 aliphatic carbocycles. The third kappa shape index (κ3) is 3.15. The maximum absolute atomic E-state index is 11.6. The third-order valence-electron chi connectivity index (χ3n) is 4.45. The summed E-state index contributed by atoms with van der Waals surface area (Å²) in [5.74, 6) is 1.13. The van der Waals surface area contributed by atoms with Crippen molar-refractivity contribution in [2.75, 3.05) is 25.5 Å². The minimum atomic E-state index is 0.188. The minimum absolute atomic E-state index is 0.188. The molecular weight excluding hydrogens is 318 g/mol. The molecule has 0 saturated carbocycles. The topological polar surface area (TPSA) is 88.8 Å². The van der Waals surface area contributed by atoms with E-state index in [0.717, 1.165) is 12.1 Å². The number of carbonyl (C=O) groups is 1. The maximum atomic E-state index is 11.6. The number of carbonyl (C=O) groups excluding carboxylic acids is 1. The normalized spacial score (nSPS) is 17.4. The van der Waals surface area contributed by atoms with Crippen LogP contribution in [0, 0.1) is 5.92 Å². The number of rotatable bonds is 5. The highest BCUT2D eigenvalue weighted by molar-refractivity contribution is 5.82. The molecule has 3 aromatic rings. The van der Waals surface area contributed by atoms with Crippen molar-refractivity contribution in [3.63, 3.8) is 0 Å². The molecule has 0 spiro atoms. The number of hydrogen-bond donors (Lipinski definition) is 1. The number of likely N-dealkylation sites (tertiary alicyclic amines) is 1. The molecule has 1 aromatic carbocycles. The Morgan fingerprint density at radius 1 is 1.24 bits per heavy atom. The summed E-state index contributed by atoms with van der Waals surface area (Å²) in [6.07, 6.45) is 2.08. The van der Waals surface area contributed by atoms with Crippen LogP contribution in [0.5, 0.6) is 0 Å². The predicted octanol–water partition coefficient (Wildman–Crippen LogP) is 1.16. The Labute approximate surface area is 144 Å². The summed E-state index contributed by atoms with van der Waals surface area (Å²) < 4.78 is 1.77. The number of nitrogens with zero attached hydrogens (tertiary/aromatic N) is 6. The molecule has 1 fully saturated rings. The summed E-state index contributed by atoms with van der Waals surface area (Å²) in [6.45, 7) is 2.05. The second kappa shape index (κ2) is 6.46. The molecular formula is C17H19N7O. The summed E-state index contributed by atoms with van der Waals surface area (Å²) in [4.78, 5) is 22.0. The van der Waals surface area contributed by atoms with Crippen LogP contribution in [0.4, 0.5) is 5.82 Å². The molecule has 1 saturated heterocycles.